The SMILES string of the molecule is N=C(C1=CCC(C(=O)O)CC1)C1=C(NC(=O)c2c(Cl)cccc2C2CC2)CC(C(=O)N2CC3COCC3C2)CC1. The first kappa shape index (κ1) is 27.2. The molecule has 0 radical (unpaired) electrons. The molecule has 0 spiro atoms. The number of hydrogen-bond acceptors (Lipinski definition) is 5. The molecule has 4 atom stereocenters. The maximum atomic E-state index is 13.7. The number of amides is 2. The second-order valence-electron chi connectivity index (χ2n) is 12.0. The molecule has 1 saturated carbocycles. The fourth-order valence-electron chi connectivity index (χ4n) is 6.87. The normalized spacial score (nSPS) is 28.2. The van der Waals surface area contributed by atoms with Gasteiger partial charge in [0.25, 0.3) is 5.91 Å². The Labute approximate surface area is 239 Å². The van der Waals surface area contributed by atoms with Gasteiger partial charge in [-0.15, -0.1) is 0 Å². The van der Waals surface area contributed by atoms with E-state index < -0.39 is 11.9 Å². The molecule has 2 aliphatic heterocycles. The van der Waals surface area contributed by atoms with Crippen LogP contribution >= 0.6 is 11.6 Å². The smallest absolute Gasteiger partial charge is 0.306 e. The molecule has 1 aromatic rings. The van der Waals surface area contributed by atoms with Crippen LogP contribution in [0.5, 0.6) is 0 Å². The highest BCUT2D eigenvalue weighted by atomic mass is 35.5. The number of likely N-dealkylation sites (tertiary alicyclic amines) is 1. The third kappa shape index (κ3) is 5.36. The predicted molar refractivity (Wildman–Crippen MR) is 150 cm³/mol. The van der Waals surface area contributed by atoms with Crippen LogP contribution in [0.15, 0.2) is 41.1 Å². The van der Waals surface area contributed by atoms with E-state index in [0.717, 1.165) is 42.6 Å². The summed E-state index contributed by atoms with van der Waals surface area (Å²) in [6.07, 6.45) is 6.80. The Kier molecular flexibility index (Phi) is 7.57. The Bertz CT molecular complexity index is 1300. The van der Waals surface area contributed by atoms with Crippen molar-refractivity contribution >= 4 is 35.1 Å². The molecule has 1 aromatic carbocycles. The molecule has 2 heterocycles. The van der Waals surface area contributed by atoms with E-state index in [2.05, 4.69) is 5.32 Å². The molecule has 3 fully saturated rings. The predicted octanol–water partition coefficient (Wildman–Crippen LogP) is 4.94. The number of fused-ring (bicyclic) bond motifs is 1. The van der Waals surface area contributed by atoms with E-state index in [1.807, 2.05) is 23.1 Å². The molecule has 9 heteroatoms. The van der Waals surface area contributed by atoms with Gasteiger partial charge in [0.1, 0.15) is 0 Å². The van der Waals surface area contributed by atoms with Crippen LogP contribution in [0.25, 0.3) is 0 Å². The molecule has 6 rings (SSSR count). The monoisotopic (exact) mass is 565 g/mol. The van der Waals surface area contributed by atoms with Crippen molar-refractivity contribution < 1.29 is 24.2 Å². The minimum Gasteiger partial charge on any atom is -0.481 e. The summed E-state index contributed by atoms with van der Waals surface area (Å²) >= 11 is 6.54. The zero-order valence-corrected chi connectivity index (χ0v) is 23.3. The zero-order chi connectivity index (χ0) is 28.0. The van der Waals surface area contributed by atoms with Gasteiger partial charge in [-0.25, -0.2) is 0 Å². The summed E-state index contributed by atoms with van der Waals surface area (Å²) in [5.74, 6) is -0.541. The molecule has 5 aliphatic rings. The molecule has 212 valence electrons. The van der Waals surface area contributed by atoms with Crippen LogP contribution in [-0.4, -0.2) is 59.8 Å². The molecular weight excluding hydrogens is 530 g/mol. The first-order valence-corrected chi connectivity index (χ1v) is 14.9. The Morgan fingerprint density at radius 2 is 1.75 bits per heavy atom. The van der Waals surface area contributed by atoms with Gasteiger partial charge in [-0.2, -0.15) is 0 Å². The van der Waals surface area contributed by atoms with E-state index in [4.69, 9.17) is 21.7 Å². The van der Waals surface area contributed by atoms with Gasteiger partial charge in [-0.05, 0) is 80.1 Å². The molecule has 2 amide bonds. The summed E-state index contributed by atoms with van der Waals surface area (Å²) in [5, 5.41) is 22.0. The second kappa shape index (κ2) is 11.1. The van der Waals surface area contributed by atoms with Crippen molar-refractivity contribution in [2.24, 2.45) is 23.7 Å². The van der Waals surface area contributed by atoms with Crippen molar-refractivity contribution in [3.05, 3.63) is 57.3 Å². The fraction of sp³-hybridized carbons (Fsp3) is 0.548. The number of carboxylic acids is 1. The number of allylic oxidation sites excluding steroid dienone is 4. The van der Waals surface area contributed by atoms with Crippen molar-refractivity contribution in [1.82, 2.24) is 10.2 Å². The van der Waals surface area contributed by atoms with Gasteiger partial charge in [0.2, 0.25) is 5.91 Å². The lowest BCUT2D eigenvalue weighted by Gasteiger charge is -2.31. The number of nitrogens with one attached hydrogen (secondary N) is 2. The molecule has 3 aliphatic carbocycles. The Morgan fingerprint density at radius 3 is 2.40 bits per heavy atom. The number of halogens is 1. The molecule has 0 aromatic heterocycles. The highest BCUT2D eigenvalue weighted by Gasteiger charge is 2.42. The van der Waals surface area contributed by atoms with Gasteiger partial charge >= 0.3 is 5.97 Å². The van der Waals surface area contributed by atoms with Crippen LogP contribution in [0.3, 0.4) is 0 Å². The van der Waals surface area contributed by atoms with Crippen LogP contribution < -0.4 is 5.32 Å². The second-order valence-corrected chi connectivity index (χ2v) is 12.5. The number of aliphatic carboxylic acids is 1. The number of ether oxygens (including phenoxy) is 1. The van der Waals surface area contributed by atoms with Crippen molar-refractivity contribution in [3.63, 3.8) is 0 Å². The maximum Gasteiger partial charge on any atom is 0.306 e. The lowest BCUT2D eigenvalue weighted by atomic mass is 9.80. The number of benzene rings is 1. The minimum absolute atomic E-state index is 0.115. The Balaban J connectivity index is 1.26. The van der Waals surface area contributed by atoms with Crippen molar-refractivity contribution in [2.45, 2.75) is 57.3 Å². The number of carbonyl (C=O) groups excluding carboxylic acids is 2. The van der Waals surface area contributed by atoms with Crippen LogP contribution in [0.1, 0.15) is 73.2 Å². The zero-order valence-electron chi connectivity index (χ0n) is 22.6. The average Bonchev–Trinajstić information content (AvgIpc) is 3.58. The average molecular weight is 566 g/mol. The van der Waals surface area contributed by atoms with Gasteiger partial charge < -0.3 is 25.5 Å². The first-order chi connectivity index (χ1) is 19.3. The van der Waals surface area contributed by atoms with E-state index >= 15 is 0 Å². The van der Waals surface area contributed by atoms with Gasteiger partial charge in [-0.1, -0.05) is 29.8 Å². The molecule has 4 unspecified atom stereocenters. The van der Waals surface area contributed by atoms with Crippen molar-refractivity contribution in [2.75, 3.05) is 26.3 Å². The van der Waals surface area contributed by atoms with Crippen molar-refractivity contribution in [3.8, 4) is 0 Å². The van der Waals surface area contributed by atoms with Gasteiger partial charge in [0.15, 0.2) is 0 Å². The van der Waals surface area contributed by atoms with Crippen LogP contribution in [0, 0.1) is 29.1 Å². The van der Waals surface area contributed by atoms with Crippen LogP contribution in [0.4, 0.5) is 0 Å². The first-order valence-electron chi connectivity index (χ1n) is 14.5. The number of rotatable bonds is 7. The molecule has 0 bridgehead atoms. The maximum absolute atomic E-state index is 13.7. The molecule has 40 heavy (non-hydrogen) atoms. The largest absolute Gasteiger partial charge is 0.481 e. The number of nitrogens with zero attached hydrogens (tertiary/aromatic N) is 1. The van der Waals surface area contributed by atoms with E-state index in [-0.39, 0.29) is 17.7 Å². The lowest BCUT2D eigenvalue weighted by Crippen LogP contribution is -2.39. The van der Waals surface area contributed by atoms with Gasteiger partial charge in [0.05, 0.1) is 35.4 Å². The standard InChI is InChI=1S/C31H36ClN3O5/c32-25-3-1-2-23(17-4-5-17)27(25)29(36)34-26-12-20(30(37)35-13-21-15-40-16-22(21)14-35)10-11-24(26)28(33)18-6-8-19(9-7-18)31(38)39/h1-3,6,17,19-22,33H,4-5,7-16H2,(H,34,36)(H,38,39). The van der Waals surface area contributed by atoms with Crippen LogP contribution in [0.2, 0.25) is 5.02 Å². The summed E-state index contributed by atoms with van der Waals surface area (Å²) in [4.78, 5) is 40.7. The summed E-state index contributed by atoms with van der Waals surface area (Å²) < 4.78 is 5.58. The van der Waals surface area contributed by atoms with Crippen LogP contribution in [-0.2, 0) is 14.3 Å². The molecule has 2 saturated heterocycles. The third-order valence-corrected chi connectivity index (χ3v) is 9.71. The van der Waals surface area contributed by atoms with E-state index in [9.17, 15) is 19.5 Å². The summed E-state index contributed by atoms with van der Waals surface area (Å²) in [5.41, 5.74) is 3.94. The topological polar surface area (TPSA) is 120 Å². The lowest BCUT2D eigenvalue weighted by molar-refractivity contribution is -0.142. The van der Waals surface area contributed by atoms with Gasteiger partial charge in [-0.3, -0.25) is 14.4 Å². The fourth-order valence-corrected chi connectivity index (χ4v) is 7.14. The van der Waals surface area contributed by atoms with E-state index in [0.29, 0.717) is 91.5 Å². The highest BCUT2D eigenvalue weighted by Crippen LogP contribution is 2.43. The Hall–Kier alpha value is -2.97. The molecular formula is C31H36ClN3O5. The quantitative estimate of drug-likeness (QED) is 0.405. The molecule has 3 N–H and O–H groups in total. The third-order valence-electron chi connectivity index (χ3n) is 9.40. The molecule has 8 nitrogen and oxygen atoms in total. The van der Waals surface area contributed by atoms with E-state index in [1.165, 1.54) is 0 Å². The number of hydrogen-bond donors (Lipinski definition) is 3. The highest BCUT2D eigenvalue weighted by molar-refractivity contribution is 6.34. The minimum atomic E-state index is -0.808. The summed E-state index contributed by atoms with van der Waals surface area (Å²) in [7, 11) is 0. The van der Waals surface area contributed by atoms with Crippen molar-refractivity contribution in [1.29, 1.82) is 5.41 Å². The summed E-state index contributed by atoms with van der Waals surface area (Å²) in [6, 6.07) is 5.56. The Morgan fingerprint density at radius 1 is 1.02 bits per heavy atom. The summed E-state index contributed by atoms with van der Waals surface area (Å²) in [6.45, 7) is 2.85. The number of carbonyl (C=O) groups is 3. The number of carboxylic acid groups (broad SMARTS) is 1. The van der Waals surface area contributed by atoms with Gasteiger partial charge in [0, 0.05) is 36.5 Å². The van der Waals surface area contributed by atoms with E-state index in [1.54, 1.807) is 6.07 Å².